The molecule has 0 radical (unpaired) electrons. The Morgan fingerprint density at radius 1 is 0.966 bits per heavy atom. The van der Waals surface area contributed by atoms with E-state index in [2.05, 4.69) is 10.5 Å². The third-order valence-corrected chi connectivity index (χ3v) is 4.95. The smallest absolute Gasteiger partial charge is 0.416 e. The Balaban J connectivity index is 1.67. The molecule has 7 heteroatoms. The highest BCUT2D eigenvalue weighted by Gasteiger charge is 2.31. The quantitative estimate of drug-likeness (QED) is 0.482. The number of hydrazone groups is 1. The van der Waals surface area contributed by atoms with Crippen LogP contribution in [0, 0.1) is 0 Å². The number of benzene rings is 3. The van der Waals surface area contributed by atoms with E-state index in [1.165, 1.54) is 6.07 Å². The Bertz CT molecular complexity index is 1050. The van der Waals surface area contributed by atoms with Gasteiger partial charge in [0.05, 0.1) is 22.0 Å². The van der Waals surface area contributed by atoms with Gasteiger partial charge in [0.15, 0.2) is 0 Å². The summed E-state index contributed by atoms with van der Waals surface area (Å²) in [7, 11) is 0. The van der Waals surface area contributed by atoms with Crippen LogP contribution in [0.25, 0.3) is 0 Å². The highest BCUT2D eigenvalue weighted by atomic mass is 35.5. The minimum Gasteiger partial charge on any atom is -0.485 e. The van der Waals surface area contributed by atoms with E-state index in [0.717, 1.165) is 23.3 Å². The first-order valence-corrected chi connectivity index (χ1v) is 9.30. The summed E-state index contributed by atoms with van der Waals surface area (Å²) in [6.45, 7) is 0. The number of alkyl halides is 3. The Morgan fingerprint density at radius 3 is 2.45 bits per heavy atom. The van der Waals surface area contributed by atoms with Gasteiger partial charge < -0.3 is 4.74 Å². The van der Waals surface area contributed by atoms with Gasteiger partial charge in [0.25, 0.3) is 0 Å². The van der Waals surface area contributed by atoms with Gasteiger partial charge in [-0.3, -0.25) is 5.43 Å². The molecule has 0 amide bonds. The molecule has 0 saturated carbocycles. The predicted molar refractivity (Wildman–Crippen MR) is 107 cm³/mol. The highest BCUT2D eigenvalue weighted by molar-refractivity contribution is 6.33. The van der Waals surface area contributed by atoms with Crippen LogP contribution in [-0.4, -0.2) is 5.71 Å². The third kappa shape index (κ3) is 4.22. The van der Waals surface area contributed by atoms with E-state index in [4.69, 9.17) is 16.3 Å². The van der Waals surface area contributed by atoms with Gasteiger partial charge in [-0.05, 0) is 35.9 Å². The lowest BCUT2D eigenvalue weighted by atomic mass is 9.96. The third-order valence-electron chi connectivity index (χ3n) is 4.62. The maximum atomic E-state index is 13.0. The SMILES string of the molecule is FC(F)(F)c1ccc(Cl)c(NN=C2CC(c3ccccc3)Oc3ccccc32)c1. The molecule has 1 aliphatic heterocycles. The van der Waals surface area contributed by atoms with E-state index in [1.807, 2.05) is 54.6 Å². The summed E-state index contributed by atoms with van der Waals surface area (Å²) in [6.07, 6.45) is -4.24. The summed E-state index contributed by atoms with van der Waals surface area (Å²) in [5.74, 6) is 0.670. The van der Waals surface area contributed by atoms with Crippen LogP contribution in [0.5, 0.6) is 5.75 Å². The molecule has 4 rings (SSSR count). The van der Waals surface area contributed by atoms with Gasteiger partial charge in [0.1, 0.15) is 11.9 Å². The second-order valence-corrected chi connectivity index (χ2v) is 6.99. The number of anilines is 1. The Kier molecular flexibility index (Phi) is 5.20. The van der Waals surface area contributed by atoms with Crippen molar-refractivity contribution in [2.75, 3.05) is 5.43 Å². The van der Waals surface area contributed by atoms with Gasteiger partial charge in [-0.15, -0.1) is 0 Å². The first kappa shape index (κ1) is 19.3. The van der Waals surface area contributed by atoms with Crippen LogP contribution < -0.4 is 10.2 Å². The van der Waals surface area contributed by atoms with Crippen molar-refractivity contribution in [1.82, 2.24) is 0 Å². The zero-order valence-corrected chi connectivity index (χ0v) is 15.8. The average molecular weight is 417 g/mol. The fourth-order valence-corrected chi connectivity index (χ4v) is 3.32. The van der Waals surface area contributed by atoms with Crippen LogP contribution >= 0.6 is 11.6 Å². The molecule has 1 heterocycles. The molecule has 0 aromatic heterocycles. The fraction of sp³-hybridized carbons (Fsp3) is 0.136. The lowest BCUT2D eigenvalue weighted by Gasteiger charge is -2.27. The van der Waals surface area contributed by atoms with E-state index in [0.29, 0.717) is 17.9 Å². The van der Waals surface area contributed by atoms with Crippen molar-refractivity contribution in [3.8, 4) is 5.75 Å². The first-order chi connectivity index (χ1) is 13.9. The van der Waals surface area contributed by atoms with Gasteiger partial charge in [0.2, 0.25) is 0 Å². The van der Waals surface area contributed by atoms with E-state index >= 15 is 0 Å². The molecule has 148 valence electrons. The fourth-order valence-electron chi connectivity index (χ4n) is 3.16. The van der Waals surface area contributed by atoms with Crippen molar-refractivity contribution in [2.45, 2.75) is 18.7 Å². The largest absolute Gasteiger partial charge is 0.485 e. The summed E-state index contributed by atoms with van der Waals surface area (Å²) in [5, 5.41) is 4.54. The molecule has 29 heavy (non-hydrogen) atoms. The Labute approximate surface area is 170 Å². The molecule has 1 aliphatic rings. The monoisotopic (exact) mass is 416 g/mol. The molecule has 0 saturated heterocycles. The lowest BCUT2D eigenvalue weighted by molar-refractivity contribution is -0.137. The Hall–Kier alpha value is -2.99. The van der Waals surface area contributed by atoms with Crippen molar-refractivity contribution in [3.05, 3.63) is 94.5 Å². The topological polar surface area (TPSA) is 33.6 Å². The van der Waals surface area contributed by atoms with Crippen molar-refractivity contribution >= 4 is 23.0 Å². The van der Waals surface area contributed by atoms with Crippen LogP contribution in [0.3, 0.4) is 0 Å². The molecule has 3 nitrogen and oxygen atoms in total. The molecular formula is C22H16ClF3N2O. The lowest BCUT2D eigenvalue weighted by Crippen LogP contribution is -2.21. The molecule has 0 aliphatic carbocycles. The molecule has 1 atom stereocenters. The van der Waals surface area contributed by atoms with E-state index in [9.17, 15) is 13.2 Å². The van der Waals surface area contributed by atoms with Gasteiger partial charge in [-0.2, -0.15) is 18.3 Å². The number of hydrogen-bond acceptors (Lipinski definition) is 3. The predicted octanol–water partition coefficient (Wildman–Crippen LogP) is 6.70. The maximum absolute atomic E-state index is 13.0. The van der Waals surface area contributed by atoms with Gasteiger partial charge in [-0.25, -0.2) is 0 Å². The van der Waals surface area contributed by atoms with Gasteiger partial charge in [-0.1, -0.05) is 54.1 Å². The number of nitrogens with zero attached hydrogens (tertiary/aromatic N) is 1. The van der Waals surface area contributed by atoms with E-state index < -0.39 is 11.7 Å². The second kappa shape index (κ2) is 7.79. The van der Waals surface area contributed by atoms with Crippen LogP contribution in [-0.2, 0) is 6.18 Å². The van der Waals surface area contributed by atoms with E-state index in [-0.39, 0.29) is 16.8 Å². The van der Waals surface area contributed by atoms with E-state index in [1.54, 1.807) is 0 Å². The Morgan fingerprint density at radius 2 is 1.69 bits per heavy atom. The minimum absolute atomic E-state index is 0.0919. The number of para-hydroxylation sites is 1. The summed E-state index contributed by atoms with van der Waals surface area (Å²) in [4.78, 5) is 0. The minimum atomic E-state index is -4.46. The number of hydrogen-bond donors (Lipinski definition) is 1. The number of ether oxygens (including phenoxy) is 1. The summed E-state index contributed by atoms with van der Waals surface area (Å²) >= 11 is 6.06. The van der Waals surface area contributed by atoms with Crippen molar-refractivity contribution in [3.63, 3.8) is 0 Å². The van der Waals surface area contributed by atoms with Gasteiger partial charge >= 0.3 is 6.18 Å². The second-order valence-electron chi connectivity index (χ2n) is 6.58. The normalized spacial score (nSPS) is 17.5. The molecule has 0 fully saturated rings. The first-order valence-electron chi connectivity index (χ1n) is 8.92. The van der Waals surface area contributed by atoms with Gasteiger partial charge in [0, 0.05) is 12.0 Å². The maximum Gasteiger partial charge on any atom is 0.416 e. The molecule has 0 spiro atoms. The average Bonchev–Trinajstić information content (AvgIpc) is 2.72. The highest BCUT2D eigenvalue weighted by Crippen LogP contribution is 2.36. The molecule has 1 unspecified atom stereocenters. The van der Waals surface area contributed by atoms with Crippen molar-refractivity contribution in [2.24, 2.45) is 5.10 Å². The standard InChI is InChI=1S/C22H16ClF3N2O/c23-17-11-10-15(22(24,25)26)12-19(17)28-27-18-13-21(14-6-2-1-3-7-14)29-20-9-5-4-8-16(18)20/h1-12,21,28H,13H2. The number of nitrogens with one attached hydrogen (secondary N) is 1. The van der Waals surface area contributed by atoms with Crippen LogP contribution in [0.4, 0.5) is 18.9 Å². The van der Waals surface area contributed by atoms with Crippen LogP contribution in [0.15, 0.2) is 77.9 Å². The molecular weight excluding hydrogens is 401 g/mol. The molecule has 3 aromatic rings. The summed E-state index contributed by atoms with van der Waals surface area (Å²) in [5.41, 5.74) is 4.46. The van der Waals surface area contributed by atoms with Crippen LogP contribution in [0.1, 0.15) is 29.2 Å². The number of fused-ring (bicyclic) bond motifs is 1. The summed E-state index contributed by atoms with van der Waals surface area (Å²) in [6, 6.07) is 20.2. The van der Waals surface area contributed by atoms with Crippen molar-refractivity contribution < 1.29 is 17.9 Å². The summed E-state index contributed by atoms with van der Waals surface area (Å²) < 4.78 is 45.1. The number of halogens is 4. The molecule has 1 N–H and O–H groups in total. The molecule has 3 aromatic carbocycles. The zero-order valence-electron chi connectivity index (χ0n) is 15.1. The molecule has 0 bridgehead atoms. The van der Waals surface area contributed by atoms with Crippen molar-refractivity contribution in [1.29, 1.82) is 0 Å². The number of rotatable bonds is 3. The zero-order chi connectivity index (χ0) is 20.4. The van der Waals surface area contributed by atoms with Crippen LogP contribution in [0.2, 0.25) is 5.02 Å².